The lowest BCUT2D eigenvalue weighted by molar-refractivity contribution is 0.202. The number of nitrogens with one attached hydrogen (secondary N) is 1. The van der Waals surface area contributed by atoms with Crippen molar-refractivity contribution in [3.05, 3.63) is 21.0 Å². The molecule has 6 heteroatoms. The lowest BCUT2D eigenvalue weighted by Gasteiger charge is -2.32. The van der Waals surface area contributed by atoms with E-state index in [0.717, 1.165) is 12.8 Å². The normalized spacial score (nSPS) is 11.9. The van der Waals surface area contributed by atoms with Gasteiger partial charge in [0.15, 0.2) is 0 Å². The summed E-state index contributed by atoms with van der Waals surface area (Å²) in [5.41, 5.74) is 0.0411. The van der Waals surface area contributed by atoms with Gasteiger partial charge in [-0.05, 0) is 42.6 Å². The van der Waals surface area contributed by atoms with Gasteiger partial charge in [0.25, 0.3) is 5.56 Å². The van der Waals surface area contributed by atoms with Crippen LogP contribution in [-0.4, -0.2) is 27.0 Å². The summed E-state index contributed by atoms with van der Waals surface area (Å²) in [6, 6.07) is 0.0119. The zero-order valence-corrected chi connectivity index (χ0v) is 13.5. The van der Waals surface area contributed by atoms with Crippen LogP contribution >= 0.6 is 15.9 Å². The summed E-state index contributed by atoms with van der Waals surface area (Å²) in [7, 11) is 0. The Morgan fingerprint density at radius 2 is 2.05 bits per heavy atom. The molecule has 0 saturated heterocycles. The fourth-order valence-electron chi connectivity index (χ4n) is 1.88. The topological polar surface area (TPSA) is 67.2 Å². The first-order chi connectivity index (χ1) is 8.90. The summed E-state index contributed by atoms with van der Waals surface area (Å²) >= 11 is 3.32. The zero-order chi connectivity index (χ0) is 14.6. The van der Waals surface area contributed by atoms with Crippen molar-refractivity contribution < 1.29 is 5.11 Å². The molecule has 1 aromatic heterocycles. The molecule has 0 spiro atoms. The second-order valence-electron chi connectivity index (χ2n) is 4.99. The maximum Gasteiger partial charge on any atom is 0.283 e. The summed E-state index contributed by atoms with van der Waals surface area (Å²) < 4.78 is 1.88. The van der Waals surface area contributed by atoms with Gasteiger partial charge >= 0.3 is 0 Å². The highest BCUT2D eigenvalue weighted by Gasteiger charge is 2.26. The summed E-state index contributed by atoms with van der Waals surface area (Å²) in [6.07, 6.45) is 3.15. The van der Waals surface area contributed by atoms with E-state index in [9.17, 15) is 9.90 Å². The van der Waals surface area contributed by atoms with Crippen molar-refractivity contribution in [1.82, 2.24) is 9.78 Å². The smallest absolute Gasteiger partial charge is 0.283 e. The molecule has 2 N–H and O–H groups in total. The Hall–Kier alpha value is -0.880. The Bertz CT molecular complexity index is 473. The van der Waals surface area contributed by atoms with E-state index in [0.29, 0.717) is 10.2 Å². The third kappa shape index (κ3) is 3.36. The molecule has 5 nitrogen and oxygen atoms in total. The van der Waals surface area contributed by atoms with Crippen LogP contribution in [0.4, 0.5) is 5.69 Å². The molecule has 0 radical (unpaired) electrons. The molecule has 0 aromatic carbocycles. The summed E-state index contributed by atoms with van der Waals surface area (Å²) in [5, 5.41) is 17.0. The lowest BCUT2D eigenvalue weighted by atomic mass is 9.93. The van der Waals surface area contributed by atoms with E-state index in [1.807, 2.05) is 27.7 Å². The number of anilines is 1. The molecular formula is C13H22BrN3O2. The number of hydrogen-bond donors (Lipinski definition) is 2. The average Bonchev–Trinajstić information content (AvgIpc) is 2.40. The molecule has 0 amide bonds. The molecular weight excluding hydrogens is 310 g/mol. The molecule has 0 saturated carbocycles. The average molecular weight is 332 g/mol. The summed E-state index contributed by atoms with van der Waals surface area (Å²) in [6.45, 7) is 7.83. The molecule has 0 fully saturated rings. The highest BCUT2D eigenvalue weighted by atomic mass is 79.9. The number of halogens is 1. The van der Waals surface area contributed by atoms with Crippen molar-refractivity contribution >= 4 is 21.6 Å². The monoisotopic (exact) mass is 331 g/mol. The molecule has 0 bridgehead atoms. The van der Waals surface area contributed by atoms with Gasteiger partial charge in [-0.15, -0.1) is 0 Å². The first-order valence-electron chi connectivity index (χ1n) is 6.57. The molecule has 0 unspecified atom stereocenters. The molecule has 19 heavy (non-hydrogen) atoms. The first-order valence-corrected chi connectivity index (χ1v) is 7.36. The van der Waals surface area contributed by atoms with E-state index in [4.69, 9.17) is 0 Å². The van der Waals surface area contributed by atoms with Crippen LogP contribution < -0.4 is 10.9 Å². The molecule has 0 aliphatic rings. The SMILES string of the molecule is CCC(CC)(CO)Nc1cnn(C(C)C)c(=O)c1Br. The van der Waals surface area contributed by atoms with Crippen LogP contribution in [0.2, 0.25) is 0 Å². The van der Waals surface area contributed by atoms with Gasteiger partial charge < -0.3 is 10.4 Å². The quantitative estimate of drug-likeness (QED) is 0.840. The lowest BCUT2D eigenvalue weighted by Crippen LogP contribution is -2.41. The summed E-state index contributed by atoms with van der Waals surface area (Å²) in [5.74, 6) is 0. The number of hydrogen-bond acceptors (Lipinski definition) is 4. The van der Waals surface area contributed by atoms with Gasteiger partial charge in [-0.1, -0.05) is 13.8 Å². The first kappa shape index (κ1) is 16.2. The Balaban J connectivity index is 3.17. The number of rotatable bonds is 6. The molecule has 0 atom stereocenters. The highest BCUT2D eigenvalue weighted by Crippen LogP contribution is 2.25. The van der Waals surface area contributed by atoms with Gasteiger partial charge in [-0.2, -0.15) is 5.10 Å². The third-order valence-corrected chi connectivity index (χ3v) is 4.26. The standard InChI is InChI=1S/C13H22BrN3O2/c1-5-13(6-2,8-18)16-10-7-15-17(9(3)4)12(19)11(10)14/h7,9,16,18H,5-6,8H2,1-4H3. The van der Waals surface area contributed by atoms with E-state index in [2.05, 4.69) is 26.3 Å². The Kier molecular flexibility index (Phi) is 5.55. The number of aromatic nitrogens is 2. The molecule has 1 rings (SSSR count). The Morgan fingerprint density at radius 1 is 1.47 bits per heavy atom. The maximum atomic E-state index is 12.1. The van der Waals surface area contributed by atoms with Crippen molar-refractivity contribution in [2.75, 3.05) is 11.9 Å². The largest absolute Gasteiger partial charge is 0.394 e. The van der Waals surface area contributed by atoms with Gasteiger partial charge in [0.05, 0.1) is 30.1 Å². The molecule has 0 aliphatic carbocycles. The maximum absolute atomic E-state index is 12.1. The fourth-order valence-corrected chi connectivity index (χ4v) is 2.26. The van der Waals surface area contributed by atoms with E-state index < -0.39 is 5.54 Å². The molecule has 0 aliphatic heterocycles. The van der Waals surface area contributed by atoms with Crippen LogP contribution in [0.3, 0.4) is 0 Å². The van der Waals surface area contributed by atoms with Crippen molar-refractivity contribution in [1.29, 1.82) is 0 Å². The second-order valence-corrected chi connectivity index (χ2v) is 5.78. The Labute approximate surface area is 122 Å². The minimum Gasteiger partial charge on any atom is -0.394 e. The van der Waals surface area contributed by atoms with Gasteiger partial charge in [0, 0.05) is 0 Å². The number of aliphatic hydroxyl groups is 1. The van der Waals surface area contributed by atoms with E-state index >= 15 is 0 Å². The number of aliphatic hydroxyl groups excluding tert-OH is 1. The van der Waals surface area contributed by atoms with Gasteiger partial charge in [0.1, 0.15) is 4.47 Å². The zero-order valence-electron chi connectivity index (χ0n) is 11.9. The van der Waals surface area contributed by atoms with Crippen LogP contribution in [0.15, 0.2) is 15.5 Å². The summed E-state index contributed by atoms with van der Waals surface area (Å²) in [4.78, 5) is 12.1. The highest BCUT2D eigenvalue weighted by molar-refractivity contribution is 9.10. The molecule has 1 aromatic rings. The van der Waals surface area contributed by atoms with Crippen LogP contribution in [0.25, 0.3) is 0 Å². The van der Waals surface area contributed by atoms with Crippen LogP contribution in [0, 0.1) is 0 Å². The Morgan fingerprint density at radius 3 is 2.47 bits per heavy atom. The van der Waals surface area contributed by atoms with Crippen molar-refractivity contribution in [3.63, 3.8) is 0 Å². The van der Waals surface area contributed by atoms with Gasteiger partial charge in [-0.3, -0.25) is 4.79 Å². The van der Waals surface area contributed by atoms with Crippen LogP contribution in [-0.2, 0) is 0 Å². The minimum absolute atomic E-state index is 0.0119. The van der Waals surface area contributed by atoms with Gasteiger partial charge in [-0.25, -0.2) is 4.68 Å². The minimum atomic E-state index is -0.416. The second kappa shape index (κ2) is 6.52. The predicted molar refractivity (Wildman–Crippen MR) is 80.6 cm³/mol. The van der Waals surface area contributed by atoms with Gasteiger partial charge in [0.2, 0.25) is 0 Å². The van der Waals surface area contributed by atoms with E-state index in [-0.39, 0.29) is 18.2 Å². The van der Waals surface area contributed by atoms with E-state index in [1.165, 1.54) is 4.68 Å². The molecule has 108 valence electrons. The molecule has 1 heterocycles. The predicted octanol–water partition coefficient (Wildman–Crippen LogP) is 2.55. The van der Waals surface area contributed by atoms with Crippen LogP contribution in [0.5, 0.6) is 0 Å². The number of nitrogens with zero attached hydrogens (tertiary/aromatic N) is 2. The van der Waals surface area contributed by atoms with Crippen molar-refractivity contribution in [2.45, 2.75) is 52.1 Å². The third-order valence-electron chi connectivity index (χ3n) is 3.49. The van der Waals surface area contributed by atoms with E-state index in [1.54, 1.807) is 6.20 Å². The fraction of sp³-hybridized carbons (Fsp3) is 0.692. The van der Waals surface area contributed by atoms with Crippen molar-refractivity contribution in [2.24, 2.45) is 0 Å². The van der Waals surface area contributed by atoms with Crippen molar-refractivity contribution in [3.8, 4) is 0 Å². The van der Waals surface area contributed by atoms with Crippen LogP contribution in [0.1, 0.15) is 46.6 Å².